The van der Waals surface area contributed by atoms with Gasteiger partial charge < -0.3 is 15.0 Å². The normalized spacial score (nSPS) is 14.4. The Labute approximate surface area is 187 Å². The molecule has 0 saturated carbocycles. The van der Waals surface area contributed by atoms with Crippen molar-refractivity contribution in [2.45, 2.75) is 18.7 Å². The Morgan fingerprint density at radius 2 is 1.84 bits per heavy atom. The van der Waals surface area contributed by atoms with E-state index in [2.05, 4.69) is 5.32 Å². The van der Waals surface area contributed by atoms with E-state index in [0.717, 1.165) is 0 Å². The van der Waals surface area contributed by atoms with Crippen molar-refractivity contribution in [3.63, 3.8) is 0 Å². The topological polar surface area (TPSA) is 122 Å². The van der Waals surface area contributed by atoms with E-state index in [4.69, 9.17) is 4.74 Å². The lowest BCUT2D eigenvalue weighted by Gasteiger charge is -2.30. The van der Waals surface area contributed by atoms with Crippen LogP contribution in [0, 0.1) is 10.1 Å². The minimum absolute atomic E-state index is 0.0615. The van der Waals surface area contributed by atoms with Crippen LogP contribution in [-0.2, 0) is 14.8 Å². The van der Waals surface area contributed by atoms with Gasteiger partial charge in [0, 0.05) is 44.0 Å². The van der Waals surface area contributed by atoms with Gasteiger partial charge in [-0.1, -0.05) is 19.9 Å². The highest BCUT2D eigenvalue weighted by Crippen LogP contribution is 2.28. The van der Waals surface area contributed by atoms with Gasteiger partial charge in [-0.05, 0) is 24.3 Å². The van der Waals surface area contributed by atoms with Crippen molar-refractivity contribution in [3.05, 3.63) is 58.1 Å². The molecule has 0 radical (unpaired) electrons. The predicted molar refractivity (Wildman–Crippen MR) is 121 cm³/mol. The van der Waals surface area contributed by atoms with Gasteiger partial charge in [-0.2, -0.15) is 4.31 Å². The number of hydrogen-bond donors (Lipinski definition) is 1. The maximum absolute atomic E-state index is 13.1. The van der Waals surface area contributed by atoms with Gasteiger partial charge in [0.15, 0.2) is 0 Å². The van der Waals surface area contributed by atoms with E-state index < -0.39 is 20.9 Å². The molecule has 11 heteroatoms. The van der Waals surface area contributed by atoms with Gasteiger partial charge in [0.2, 0.25) is 10.0 Å². The first kappa shape index (κ1) is 23.6. The monoisotopic (exact) mass is 462 g/mol. The van der Waals surface area contributed by atoms with Crippen LogP contribution in [0.4, 0.5) is 17.1 Å². The highest BCUT2D eigenvalue weighted by molar-refractivity contribution is 7.89. The Morgan fingerprint density at radius 1 is 1.16 bits per heavy atom. The first-order valence-electron chi connectivity index (χ1n) is 10.3. The molecule has 2 aromatic rings. The van der Waals surface area contributed by atoms with Gasteiger partial charge in [-0.25, -0.2) is 8.42 Å². The average molecular weight is 463 g/mol. The zero-order valence-electron chi connectivity index (χ0n) is 18.0. The summed E-state index contributed by atoms with van der Waals surface area (Å²) in [4.78, 5) is 25.8. The number of nitrogens with one attached hydrogen (secondary N) is 1. The van der Waals surface area contributed by atoms with Gasteiger partial charge >= 0.3 is 0 Å². The quantitative estimate of drug-likeness (QED) is 0.473. The van der Waals surface area contributed by atoms with Crippen LogP contribution in [0.3, 0.4) is 0 Å². The van der Waals surface area contributed by atoms with Crippen molar-refractivity contribution in [3.8, 4) is 0 Å². The van der Waals surface area contributed by atoms with Crippen LogP contribution in [0.2, 0.25) is 0 Å². The SMILES string of the molecule is CCN(CC)S(=O)(=O)c1cccc(NC(=O)c2cc([N+](=O)[O-])ccc2N2CCOCC2)c1. The van der Waals surface area contributed by atoms with Crippen LogP contribution in [0.25, 0.3) is 0 Å². The molecule has 1 aliphatic rings. The van der Waals surface area contributed by atoms with Crippen LogP contribution < -0.4 is 10.2 Å². The molecule has 2 aromatic carbocycles. The number of carbonyl (C=O) groups is 1. The molecule has 0 spiro atoms. The molecule has 3 rings (SSSR count). The Morgan fingerprint density at radius 3 is 2.47 bits per heavy atom. The van der Waals surface area contributed by atoms with Crippen LogP contribution in [-0.4, -0.2) is 62.9 Å². The van der Waals surface area contributed by atoms with Crippen molar-refractivity contribution in [2.75, 3.05) is 49.6 Å². The summed E-state index contributed by atoms with van der Waals surface area (Å²) >= 11 is 0. The minimum Gasteiger partial charge on any atom is -0.378 e. The molecular weight excluding hydrogens is 436 g/mol. The van der Waals surface area contributed by atoms with E-state index in [-0.39, 0.29) is 21.8 Å². The van der Waals surface area contributed by atoms with Crippen molar-refractivity contribution in [2.24, 2.45) is 0 Å². The smallest absolute Gasteiger partial charge is 0.270 e. The van der Waals surface area contributed by atoms with Crippen LogP contribution in [0.1, 0.15) is 24.2 Å². The fourth-order valence-electron chi connectivity index (χ4n) is 3.54. The van der Waals surface area contributed by atoms with Crippen molar-refractivity contribution in [1.82, 2.24) is 4.31 Å². The standard InChI is InChI=1S/C21H26N4O6S/c1-3-24(4-2)32(29,30)18-7-5-6-16(14-18)22-21(26)19-15-17(25(27)28)8-9-20(19)23-10-12-31-13-11-23/h5-9,14-15H,3-4,10-13H2,1-2H3,(H,22,26). The summed E-state index contributed by atoms with van der Waals surface area (Å²) in [5, 5.41) is 14.0. The highest BCUT2D eigenvalue weighted by Gasteiger charge is 2.24. The van der Waals surface area contributed by atoms with E-state index in [0.29, 0.717) is 45.1 Å². The number of anilines is 2. The second-order valence-corrected chi connectivity index (χ2v) is 9.07. The number of non-ortho nitro benzene ring substituents is 1. The number of carbonyl (C=O) groups excluding carboxylic acids is 1. The van der Waals surface area contributed by atoms with Gasteiger partial charge in [0.05, 0.1) is 34.3 Å². The van der Waals surface area contributed by atoms with Crippen molar-refractivity contribution >= 4 is 33.0 Å². The van der Waals surface area contributed by atoms with Crippen LogP contribution in [0.15, 0.2) is 47.4 Å². The van der Waals surface area contributed by atoms with E-state index >= 15 is 0 Å². The van der Waals surface area contributed by atoms with Gasteiger partial charge in [-0.15, -0.1) is 0 Å². The minimum atomic E-state index is -3.70. The molecule has 1 aliphatic heterocycles. The zero-order valence-corrected chi connectivity index (χ0v) is 18.8. The summed E-state index contributed by atoms with van der Waals surface area (Å²) in [6, 6.07) is 10.1. The number of sulfonamides is 1. The fourth-order valence-corrected chi connectivity index (χ4v) is 5.05. The Hall–Kier alpha value is -3.02. The molecule has 1 amide bonds. The fraction of sp³-hybridized carbons (Fsp3) is 0.381. The van der Waals surface area contributed by atoms with E-state index in [1.807, 2.05) is 4.90 Å². The molecule has 1 heterocycles. The van der Waals surface area contributed by atoms with Crippen molar-refractivity contribution < 1.29 is 22.9 Å². The number of nitro benzene ring substituents is 1. The number of benzene rings is 2. The maximum Gasteiger partial charge on any atom is 0.270 e. The largest absolute Gasteiger partial charge is 0.378 e. The molecule has 1 N–H and O–H groups in total. The third kappa shape index (κ3) is 5.06. The maximum atomic E-state index is 13.1. The number of morpholine rings is 1. The lowest BCUT2D eigenvalue weighted by Crippen LogP contribution is -2.37. The second-order valence-electron chi connectivity index (χ2n) is 7.13. The van der Waals surface area contributed by atoms with Crippen LogP contribution >= 0.6 is 0 Å². The molecule has 172 valence electrons. The molecule has 0 atom stereocenters. The van der Waals surface area contributed by atoms with E-state index in [1.165, 1.54) is 28.6 Å². The molecule has 0 bridgehead atoms. The van der Waals surface area contributed by atoms with Crippen molar-refractivity contribution in [1.29, 1.82) is 0 Å². The Bertz CT molecular complexity index is 1100. The number of amides is 1. The lowest BCUT2D eigenvalue weighted by atomic mass is 10.1. The van der Waals surface area contributed by atoms with Gasteiger partial charge in [0.25, 0.3) is 11.6 Å². The molecule has 0 aromatic heterocycles. The van der Waals surface area contributed by atoms with Gasteiger partial charge in [-0.3, -0.25) is 14.9 Å². The summed E-state index contributed by atoms with van der Waals surface area (Å²) in [5.41, 5.74) is 0.772. The van der Waals surface area contributed by atoms with E-state index in [9.17, 15) is 23.3 Å². The Balaban J connectivity index is 1.93. The van der Waals surface area contributed by atoms with E-state index in [1.54, 1.807) is 32.0 Å². The first-order chi connectivity index (χ1) is 15.3. The predicted octanol–water partition coefficient (Wildman–Crippen LogP) is 2.71. The molecule has 10 nitrogen and oxygen atoms in total. The summed E-state index contributed by atoms with van der Waals surface area (Å²) < 4.78 is 32.3. The second kappa shape index (κ2) is 10.1. The summed E-state index contributed by atoms with van der Waals surface area (Å²) in [6.07, 6.45) is 0. The lowest BCUT2D eigenvalue weighted by molar-refractivity contribution is -0.384. The molecule has 32 heavy (non-hydrogen) atoms. The summed E-state index contributed by atoms with van der Waals surface area (Å²) in [5.74, 6) is -0.562. The molecule has 0 aliphatic carbocycles. The Kier molecular flexibility index (Phi) is 7.44. The van der Waals surface area contributed by atoms with Crippen LogP contribution in [0.5, 0.6) is 0 Å². The summed E-state index contributed by atoms with van der Waals surface area (Å²) in [7, 11) is -3.70. The number of rotatable bonds is 8. The first-order valence-corrected chi connectivity index (χ1v) is 11.7. The average Bonchev–Trinajstić information content (AvgIpc) is 2.80. The number of ether oxygens (including phenoxy) is 1. The molecular formula is C21H26N4O6S. The molecule has 1 fully saturated rings. The molecule has 0 unspecified atom stereocenters. The third-order valence-corrected chi connectivity index (χ3v) is 7.27. The number of nitrogens with zero attached hydrogens (tertiary/aromatic N) is 3. The number of nitro groups is 1. The molecule has 1 saturated heterocycles. The summed E-state index contributed by atoms with van der Waals surface area (Å²) in [6.45, 7) is 6.24. The highest BCUT2D eigenvalue weighted by atomic mass is 32.2. The third-order valence-electron chi connectivity index (χ3n) is 5.22. The van der Waals surface area contributed by atoms with Gasteiger partial charge in [0.1, 0.15) is 0 Å². The number of hydrogen-bond acceptors (Lipinski definition) is 7. The zero-order chi connectivity index (χ0) is 23.3.